The van der Waals surface area contributed by atoms with E-state index in [9.17, 15) is 8.78 Å². The molecule has 6 rings (SSSR count). The van der Waals surface area contributed by atoms with Gasteiger partial charge in [0.1, 0.15) is 23.2 Å². The second-order valence-electron chi connectivity index (χ2n) is 10.0. The molecule has 42 heavy (non-hydrogen) atoms. The van der Waals surface area contributed by atoms with Crippen molar-refractivity contribution in [2.45, 2.75) is 38.3 Å². The number of hydrogen-bond donors (Lipinski definition) is 1. The average molecular weight is 571 g/mol. The lowest BCUT2D eigenvalue weighted by atomic mass is 10.1. The van der Waals surface area contributed by atoms with E-state index in [0.717, 1.165) is 24.1 Å². The smallest absolute Gasteiger partial charge is 0.295 e. The van der Waals surface area contributed by atoms with Crippen molar-refractivity contribution in [1.82, 2.24) is 29.1 Å². The lowest BCUT2D eigenvalue weighted by Crippen LogP contribution is -2.20. The predicted molar refractivity (Wildman–Crippen MR) is 153 cm³/mol. The first kappa shape index (κ1) is 27.3. The Labute approximate surface area is 240 Å². The number of benzene rings is 1. The van der Waals surface area contributed by atoms with Crippen LogP contribution in [0.2, 0.25) is 0 Å². The Hall–Kier alpha value is -4.89. The van der Waals surface area contributed by atoms with Gasteiger partial charge in [-0.2, -0.15) is 0 Å². The number of aryl methyl sites for hydroxylation is 1. The molecular weight excluding hydrogens is 542 g/mol. The van der Waals surface area contributed by atoms with Crippen LogP contribution in [0, 0.1) is 6.57 Å². The normalized spacial score (nSPS) is 15.2. The number of imidazole rings is 2. The van der Waals surface area contributed by atoms with Crippen molar-refractivity contribution < 1.29 is 18.3 Å². The number of anilines is 2. The monoisotopic (exact) mass is 570 g/mol. The third kappa shape index (κ3) is 5.26. The molecule has 0 bridgehead atoms. The van der Waals surface area contributed by atoms with Gasteiger partial charge >= 0.3 is 0 Å². The molecule has 0 amide bonds. The molecule has 1 aromatic carbocycles. The number of nitrogens with zero attached hydrogens (tertiary/aromatic N) is 7. The van der Waals surface area contributed by atoms with Crippen LogP contribution in [-0.4, -0.2) is 42.8 Å². The third-order valence-corrected chi connectivity index (χ3v) is 7.22. The second kappa shape index (κ2) is 11.5. The Morgan fingerprint density at radius 3 is 2.71 bits per heavy atom. The van der Waals surface area contributed by atoms with Gasteiger partial charge in [0, 0.05) is 19.2 Å². The molecule has 1 aliphatic rings. The fourth-order valence-corrected chi connectivity index (χ4v) is 5.23. The van der Waals surface area contributed by atoms with Crippen LogP contribution in [0.5, 0.6) is 5.75 Å². The van der Waals surface area contributed by atoms with E-state index >= 15 is 0 Å². The summed E-state index contributed by atoms with van der Waals surface area (Å²) in [6.45, 7) is 7.78. The highest BCUT2D eigenvalue weighted by Gasteiger charge is 2.29. The largest absolute Gasteiger partial charge is 0.495 e. The molecule has 5 aromatic rings. The minimum Gasteiger partial charge on any atom is -0.495 e. The van der Waals surface area contributed by atoms with Crippen molar-refractivity contribution >= 4 is 28.4 Å². The number of hydrogen-bond acceptors (Lipinski definition) is 7. The Kier molecular flexibility index (Phi) is 7.50. The molecule has 0 aliphatic carbocycles. The predicted octanol–water partition coefficient (Wildman–Crippen LogP) is 6.76. The summed E-state index contributed by atoms with van der Waals surface area (Å²) in [7, 11) is 3.48. The van der Waals surface area contributed by atoms with E-state index in [1.54, 1.807) is 43.9 Å². The quantitative estimate of drug-likeness (QED) is 0.206. The zero-order valence-electron chi connectivity index (χ0n) is 23.1. The van der Waals surface area contributed by atoms with Gasteiger partial charge in [0.15, 0.2) is 11.5 Å². The maximum atomic E-state index is 14.4. The molecule has 214 valence electrons. The fourth-order valence-electron chi connectivity index (χ4n) is 5.23. The average Bonchev–Trinajstić information content (AvgIpc) is 3.62. The Morgan fingerprint density at radius 2 is 2.00 bits per heavy atom. The first-order valence-corrected chi connectivity index (χ1v) is 13.5. The summed E-state index contributed by atoms with van der Waals surface area (Å²) >= 11 is 0. The maximum Gasteiger partial charge on any atom is 0.295 e. The second-order valence-corrected chi connectivity index (χ2v) is 10.0. The van der Waals surface area contributed by atoms with Crippen LogP contribution >= 0.6 is 0 Å². The van der Waals surface area contributed by atoms with E-state index in [2.05, 4.69) is 25.1 Å². The molecule has 1 saturated heterocycles. The van der Waals surface area contributed by atoms with Gasteiger partial charge in [-0.15, -0.1) is 4.98 Å². The number of ether oxygens (including phenoxy) is 2. The molecule has 1 N–H and O–H groups in total. The van der Waals surface area contributed by atoms with Gasteiger partial charge in [0.05, 0.1) is 48.8 Å². The molecule has 1 atom stereocenters. The highest BCUT2D eigenvalue weighted by Crippen LogP contribution is 2.38. The summed E-state index contributed by atoms with van der Waals surface area (Å²) in [6.07, 6.45) is 2.65. The summed E-state index contributed by atoms with van der Waals surface area (Å²) in [5, 5.41) is 3.37. The zero-order valence-corrected chi connectivity index (χ0v) is 23.1. The molecule has 12 heteroatoms. The lowest BCUT2D eigenvalue weighted by molar-refractivity contribution is -0.0363. The van der Waals surface area contributed by atoms with Gasteiger partial charge in [-0.25, -0.2) is 23.7 Å². The van der Waals surface area contributed by atoms with Crippen molar-refractivity contribution in [3.8, 4) is 17.0 Å². The molecule has 1 aliphatic heterocycles. The minimum atomic E-state index is -2.83. The molecule has 0 radical (unpaired) electrons. The number of rotatable bonds is 8. The molecule has 1 unspecified atom stereocenters. The van der Waals surface area contributed by atoms with Gasteiger partial charge in [-0.3, -0.25) is 4.57 Å². The summed E-state index contributed by atoms with van der Waals surface area (Å²) in [4.78, 5) is 21.2. The number of aromatic nitrogens is 6. The first-order valence-electron chi connectivity index (χ1n) is 13.5. The molecule has 10 nitrogen and oxygen atoms in total. The van der Waals surface area contributed by atoms with E-state index in [1.165, 1.54) is 4.57 Å². The van der Waals surface area contributed by atoms with Crippen LogP contribution in [0.25, 0.3) is 27.3 Å². The van der Waals surface area contributed by atoms with Crippen molar-refractivity contribution in [2.24, 2.45) is 7.05 Å². The third-order valence-electron chi connectivity index (χ3n) is 7.22. The first-order chi connectivity index (χ1) is 20.4. The SMILES string of the molecule is [C-]#[N+]c1cccc(Cc2cc(Nc3ccc(-c4cncn4C)cc3OC)c3nc(C(F)F)n(C4CCCCO4)c3n2)n1. The molecule has 4 aromatic heterocycles. The van der Waals surface area contributed by atoms with E-state index < -0.39 is 18.5 Å². The summed E-state index contributed by atoms with van der Waals surface area (Å²) in [5.74, 6) is 0.429. The van der Waals surface area contributed by atoms with Crippen molar-refractivity contribution in [2.75, 3.05) is 19.0 Å². The lowest BCUT2D eigenvalue weighted by Gasteiger charge is -2.25. The van der Waals surface area contributed by atoms with E-state index in [1.807, 2.05) is 29.8 Å². The van der Waals surface area contributed by atoms with Crippen LogP contribution in [0.3, 0.4) is 0 Å². The molecular formula is C30H28F2N8O2. The summed E-state index contributed by atoms with van der Waals surface area (Å²) < 4.78 is 43.7. The molecule has 0 saturated carbocycles. The van der Waals surface area contributed by atoms with Gasteiger partial charge in [0.2, 0.25) is 0 Å². The number of alkyl halides is 2. The summed E-state index contributed by atoms with van der Waals surface area (Å²) in [5.41, 5.74) is 4.72. The van der Waals surface area contributed by atoms with Gasteiger partial charge in [-0.05, 0) is 49.6 Å². The minimum absolute atomic E-state index is 0.269. The van der Waals surface area contributed by atoms with Gasteiger partial charge < -0.3 is 24.2 Å². The molecule has 5 heterocycles. The van der Waals surface area contributed by atoms with E-state index in [0.29, 0.717) is 52.7 Å². The van der Waals surface area contributed by atoms with Crippen molar-refractivity contribution in [3.05, 3.63) is 83.6 Å². The van der Waals surface area contributed by atoms with Crippen LogP contribution in [-0.2, 0) is 18.2 Å². The topological polar surface area (TPSA) is 96.3 Å². The van der Waals surface area contributed by atoms with Crippen molar-refractivity contribution in [3.63, 3.8) is 0 Å². The van der Waals surface area contributed by atoms with Gasteiger partial charge in [0.25, 0.3) is 12.2 Å². The Morgan fingerprint density at radius 1 is 1.12 bits per heavy atom. The Balaban J connectivity index is 1.48. The number of methoxy groups -OCH3 is 1. The van der Waals surface area contributed by atoms with Crippen LogP contribution < -0.4 is 10.1 Å². The maximum absolute atomic E-state index is 14.4. The molecule has 1 fully saturated rings. The Bertz CT molecular complexity index is 1790. The number of pyridine rings is 2. The standard InChI is InChI=1S/C30H28F2N8O2/c1-33-25-8-6-7-19(35-25)14-20-15-22(37-21-11-10-18(13-24(21)41-3)23-16-34-17-39(23)2)27-29(36-20)40(30(38-27)28(31)32)26-9-4-5-12-42-26/h6-8,10-11,13,15-17,26,28H,4-5,9,12,14H2,2-3H3,(H,36,37). The van der Waals surface area contributed by atoms with Crippen molar-refractivity contribution in [1.29, 1.82) is 0 Å². The highest BCUT2D eigenvalue weighted by molar-refractivity contribution is 5.90. The highest BCUT2D eigenvalue weighted by atomic mass is 19.3. The fraction of sp³-hybridized carbons (Fsp3) is 0.300. The van der Waals surface area contributed by atoms with E-state index in [4.69, 9.17) is 21.0 Å². The molecule has 0 spiro atoms. The van der Waals surface area contributed by atoms with Crippen LogP contribution in [0.1, 0.15) is 49.1 Å². The van der Waals surface area contributed by atoms with Crippen LogP contribution in [0.15, 0.2) is 55.0 Å². The van der Waals surface area contributed by atoms with Gasteiger partial charge in [-0.1, -0.05) is 18.7 Å². The van der Waals surface area contributed by atoms with E-state index in [-0.39, 0.29) is 12.2 Å². The zero-order chi connectivity index (χ0) is 29.2. The van der Waals surface area contributed by atoms with Crippen LogP contribution in [0.4, 0.5) is 26.0 Å². The summed E-state index contributed by atoms with van der Waals surface area (Å²) in [6, 6.07) is 12.7. The number of nitrogens with one attached hydrogen (secondary N) is 1. The number of halogens is 2. The number of fused-ring (bicyclic) bond motifs is 1.